The second kappa shape index (κ2) is 6.85. The van der Waals surface area contributed by atoms with Crippen LogP contribution >= 0.6 is 12.6 Å². The Labute approximate surface area is 121 Å². The molecule has 0 amide bonds. The highest BCUT2D eigenvalue weighted by Crippen LogP contribution is 2.25. The minimum absolute atomic E-state index is 0.0265. The Morgan fingerprint density at radius 2 is 2.20 bits per heavy atom. The highest BCUT2D eigenvalue weighted by molar-refractivity contribution is 7.80. The molecule has 0 atom stereocenters. The van der Waals surface area contributed by atoms with E-state index in [1.165, 1.54) is 13.0 Å². The first-order valence-electron chi connectivity index (χ1n) is 5.65. The molecule has 0 aromatic heterocycles. The van der Waals surface area contributed by atoms with E-state index in [4.69, 9.17) is 4.74 Å². The maximum absolute atomic E-state index is 11.2. The molecule has 0 aliphatic rings. The van der Waals surface area contributed by atoms with Crippen molar-refractivity contribution in [3.8, 4) is 0 Å². The van der Waals surface area contributed by atoms with Crippen LogP contribution < -0.4 is 0 Å². The van der Waals surface area contributed by atoms with Gasteiger partial charge >= 0.3 is 5.97 Å². The van der Waals surface area contributed by atoms with Gasteiger partial charge in [0, 0.05) is 34.6 Å². The maximum atomic E-state index is 11.2. The van der Waals surface area contributed by atoms with Crippen molar-refractivity contribution < 1.29 is 19.2 Å². The molecule has 6 nitrogen and oxygen atoms in total. The lowest BCUT2D eigenvalue weighted by Gasteiger charge is -2.08. The fraction of sp³-hybridized carbons (Fsp3) is 0.231. The van der Waals surface area contributed by atoms with Crippen molar-refractivity contribution in [2.24, 2.45) is 0 Å². The molecule has 0 heterocycles. The Kier molecular flexibility index (Phi) is 5.45. The minimum atomic E-state index is -0.594. The average Bonchev–Trinajstić information content (AvgIpc) is 2.39. The van der Waals surface area contributed by atoms with Crippen LogP contribution in [0.4, 0.5) is 5.69 Å². The van der Waals surface area contributed by atoms with E-state index in [1.54, 1.807) is 0 Å². The smallest absolute Gasteiger partial charge is 0.333 e. The van der Waals surface area contributed by atoms with Gasteiger partial charge < -0.3 is 4.74 Å². The molecule has 1 aromatic rings. The lowest BCUT2D eigenvalue weighted by Crippen LogP contribution is -2.09. The molecule has 0 bridgehead atoms. The van der Waals surface area contributed by atoms with Gasteiger partial charge in [-0.25, -0.2) is 4.79 Å². The van der Waals surface area contributed by atoms with Gasteiger partial charge in [0.1, 0.15) is 0 Å². The van der Waals surface area contributed by atoms with Gasteiger partial charge in [-0.2, -0.15) is 0 Å². The minimum Gasteiger partial charge on any atom is -0.462 e. The zero-order chi connectivity index (χ0) is 15.3. The fourth-order valence-corrected chi connectivity index (χ4v) is 1.76. The van der Waals surface area contributed by atoms with Crippen LogP contribution in [0, 0.1) is 10.1 Å². The van der Waals surface area contributed by atoms with Gasteiger partial charge in [-0.15, -0.1) is 12.6 Å². The molecule has 0 spiro atoms. The van der Waals surface area contributed by atoms with E-state index < -0.39 is 10.9 Å². The molecule has 0 saturated heterocycles. The van der Waals surface area contributed by atoms with Crippen LogP contribution in [-0.4, -0.2) is 23.8 Å². The third-order valence-corrected chi connectivity index (χ3v) is 3.04. The summed E-state index contributed by atoms with van der Waals surface area (Å²) in [6, 6.07) is 2.46. The molecule has 20 heavy (non-hydrogen) atoms. The van der Waals surface area contributed by atoms with E-state index in [2.05, 4.69) is 19.2 Å². The van der Waals surface area contributed by atoms with Crippen LogP contribution in [0.3, 0.4) is 0 Å². The predicted molar refractivity (Wildman–Crippen MR) is 75.2 cm³/mol. The summed E-state index contributed by atoms with van der Waals surface area (Å²) >= 11 is 4.16. The van der Waals surface area contributed by atoms with Crippen molar-refractivity contribution in [1.29, 1.82) is 0 Å². The third-order valence-electron chi connectivity index (χ3n) is 2.49. The zero-order valence-corrected chi connectivity index (χ0v) is 11.7. The Bertz CT molecular complexity index is 582. The number of ether oxygens (including phenoxy) is 1. The molecule has 0 aliphatic heterocycles. The predicted octanol–water partition coefficient (Wildman–Crippen LogP) is 2.36. The highest BCUT2D eigenvalue weighted by atomic mass is 32.1. The van der Waals surface area contributed by atoms with Crippen LogP contribution in [-0.2, 0) is 16.0 Å². The first kappa shape index (κ1) is 15.9. The number of nitro benzene ring substituents is 1. The van der Waals surface area contributed by atoms with Crippen LogP contribution in [0.25, 0.3) is 0 Å². The lowest BCUT2D eigenvalue weighted by atomic mass is 10.1. The summed E-state index contributed by atoms with van der Waals surface area (Å²) < 4.78 is 4.91. The van der Waals surface area contributed by atoms with Gasteiger partial charge in [-0.1, -0.05) is 6.58 Å². The van der Waals surface area contributed by atoms with E-state index in [9.17, 15) is 19.7 Å². The fourth-order valence-electron chi connectivity index (χ4n) is 1.46. The summed E-state index contributed by atoms with van der Waals surface area (Å²) in [5.41, 5.74) is 0.665. The van der Waals surface area contributed by atoms with Crippen LogP contribution in [0.2, 0.25) is 0 Å². The molecule has 0 N–H and O–H groups in total. The van der Waals surface area contributed by atoms with Gasteiger partial charge in [-0.3, -0.25) is 14.9 Å². The average molecular weight is 295 g/mol. The second-order valence-corrected chi connectivity index (χ2v) is 4.53. The van der Waals surface area contributed by atoms with Crippen molar-refractivity contribution in [2.75, 3.05) is 6.61 Å². The molecule has 0 unspecified atom stereocenters. The molecular formula is C13H13NO5S. The molecular weight excluding hydrogens is 282 g/mol. The summed E-state index contributed by atoms with van der Waals surface area (Å²) in [4.78, 5) is 32.6. The van der Waals surface area contributed by atoms with Gasteiger partial charge in [0.2, 0.25) is 0 Å². The number of nitrogens with zero attached hydrogens (tertiary/aromatic N) is 1. The largest absolute Gasteiger partial charge is 0.462 e. The molecule has 0 fully saturated rings. The number of benzene rings is 1. The Balaban J connectivity index is 2.91. The van der Waals surface area contributed by atoms with Gasteiger partial charge in [0.15, 0.2) is 6.29 Å². The number of aldehydes is 1. The first-order chi connectivity index (χ1) is 9.36. The number of rotatable bonds is 6. The molecule has 0 radical (unpaired) electrons. The van der Waals surface area contributed by atoms with Crippen molar-refractivity contribution in [2.45, 2.75) is 18.2 Å². The Hall–Kier alpha value is -2.15. The van der Waals surface area contributed by atoms with Crippen LogP contribution in [0.15, 0.2) is 29.2 Å². The van der Waals surface area contributed by atoms with Crippen LogP contribution in [0.1, 0.15) is 22.8 Å². The zero-order valence-electron chi connectivity index (χ0n) is 10.8. The summed E-state index contributed by atoms with van der Waals surface area (Å²) in [6.07, 6.45) is 0.721. The number of carbonyl (C=O) groups excluding carboxylic acids is 2. The van der Waals surface area contributed by atoms with Crippen molar-refractivity contribution in [1.82, 2.24) is 0 Å². The Morgan fingerprint density at radius 1 is 1.55 bits per heavy atom. The van der Waals surface area contributed by atoms with E-state index in [0.29, 0.717) is 16.7 Å². The Morgan fingerprint density at radius 3 is 2.70 bits per heavy atom. The monoisotopic (exact) mass is 295 g/mol. The van der Waals surface area contributed by atoms with E-state index >= 15 is 0 Å². The van der Waals surface area contributed by atoms with Gasteiger partial charge in [0.05, 0.1) is 11.5 Å². The van der Waals surface area contributed by atoms with E-state index in [-0.39, 0.29) is 29.9 Å². The van der Waals surface area contributed by atoms with Gasteiger partial charge in [-0.05, 0) is 12.5 Å². The number of hydrogen-bond acceptors (Lipinski definition) is 6. The quantitative estimate of drug-likeness (QED) is 0.217. The van der Waals surface area contributed by atoms with E-state index in [1.807, 2.05) is 0 Å². The van der Waals surface area contributed by atoms with Crippen molar-refractivity contribution in [3.63, 3.8) is 0 Å². The molecule has 1 aromatic carbocycles. The number of esters is 1. The molecule has 106 valence electrons. The summed E-state index contributed by atoms with van der Waals surface area (Å²) in [6.45, 7) is 4.98. The summed E-state index contributed by atoms with van der Waals surface area (Å²) in [5.74, 6) is -0.535. The SMILES string of the molecule is C=C(C)C(=O)OCCc1cc([N+](=O)[O-])cc(C=O)c1S. The number of non-ortho nitro benzene ring substituents is 1. The van der Waals surface area contributed by atoms with Gasteiger partial charge in [0.25, 0.3) is 5.69 Å². The molecule has 1 rings (SSSR count). The van der Waals surface area contributed by atoms with Crippen LogP contribution in [0.5, 0.6) is 0 Å². The topological polar surface area (TPSA) is 86.5 Å². The second-order valence-electron chi connectivity index (χ2n) is 4.08. The number of hydrogen-bond donors (Lipinski definition) is 1. The number of carbonyl (C=O) groups is 2. The molecule has 0 aliphatic carbocycles. The molecule has 7 heteroatoms. The summed E-state index contributed by atoms with van der Waals surface area (Å²) in [5, 5.41) is 10.8. The standard InChI is InChI=1S/C13H13NO5S/c1-8(2)13(16)19-4-3-9-5-11(14(17)18)6-10(7-15)12(9)20/h5-7,20H,1,3-4H2,2H3. The third kappa shape index (κ3) is 3.92. The highest BCUT2D eigenvalue weighted by Gasteiger charge is 2.14. The first-order valence-corrected chi connectivity index (χ1v) is 6.09. The van der Waals surface area contributed by atoms with Crippen molar-refractivity contribution >= 4 is 30.6 Å². The normalized spacial score (nSPS) is 9.90. The lowest BCUT2D eigenvalue weighted by molar-refractivity contribution is -0.385. The number of nitro groups is 1. The van der Waals surface area contributed by atoms with Crippen molar-refractivity contribution in [3.05, 3.63) is 45.5 Å². The summed E-state index contributed by atoms with van der Waals surface area (Å²) in [7, 11) is 0. The molecule has 0 saturated carbocycles. The maximum Gasteiger partial charge on any atom is 0.333 e. The number of thiol groups is 1. The van der Waals surface area contributed by atoms with E-state index in [0.717, 1.165) is 6.07 Å².